The zero-order chi connectivity index (χ0) is 15.6. The summed E-state index contributed by atoms with van der Waals surface area (Å²) in [6.07, 6.45) is -4.34. The molecular weight excluding hydrogens is 281 g/mol. The molecule has 0 unspecified atom stereocenters. The summed E-state index contributed by atoms with van der Waals surface area (Å²) < 4.78 is 42.2. The lowest BCUT2D eigenvalue weighted by Crippen LogP contribution is -2.04. The van der Waals surface area contributed by atoms with E-state index in [2.05, 4.69) is 4.74 Å². The molecule has 0 N–H and O–H groups in total. The number of methoxy groups -OCH3 is 1. The summed E-state index contributed by atoms with van der Waals surface area (Å²) >= 11 is 0. The Kier molecular flexibility index (Phi) is 4.02. The van der Waals surface area contributed by atoms with E-state index < -0.39 is 17.7 Å². The number of carbonyl (C=O) groups is 1. The van der Waals surface area contributed by atoms with Crippen molar-refractivity contribution in [2.24, 2.45) is 0 Å². The van der Waals surface area contributed by atoms with E-state index in [1.165, 1.54) is 19.2 Å². The van der Waals surface area contributed by atoms with Crippen LogP contribution < -0.4 is 0 Å². The van der Waals surface area contributed by atoms with E-state index in [9.17, 15) is 18.0 Å². The number of ether oxygens (including phenoxy) is 1. The van der Waals surface area contributed by atoms with Gasteiger partial charge >= 0.3 is 12.1 Å². The minimum absolute atomic E-state index is 0.438. The highest BCUT2D eigenvalue weighted by atomic mass is 19.4. The van der Waals surface area contributed by atoms with Gasteiger partial charge in [-0.2, -0.15) is 13.2 Å². The van der Waals surface area contributed by atoms with Crippen LogP contribution in [0.1, 0.15) is 21.5 Å². The van der Waals surface area contributed by atoms with Gasteiger partial charge in [-0.15, -0.1) is 0 Å². The molecule has 0 bridgehead atoms. The van der Waals surface area contributed by atoms with Crippen molar-refractivity contribution >= 4 is 5.97 Å². The molecule has 110 valence electrons. The highest BCUT2D eigenvalue weighted by Gasteiger charge is 2.29. The third kappa shape index (κ3) is 3.24. The number of carbonyl (C=O) groups excluding carboxylic acids is 1. The van der Waals surface area contributed by atoms with Gasteiger partial charge < -0.3 is 4.74 Å². The predicted molar refractivity (Wildman–Crippen MR) is 73.0 cm³/mol. The van der Waals surface area contributed by atoms with Crippen molar-refractivity contribution in [2.75, 3.05) is 7.11 Å². The molecule has 0 spiro atoms. The van der Waals surface area contributed by atoms with Crippen LogP contribution in [0.25, 0.3) is 11.1 Å². The van der Waals surface area contributed by atoms with Gasteiger partial charge in [0.05, 0.1) is 18.2 Å². The summed E-state index contributed by atoms with van der Waals surface area (Å²) in [6, 6.07) is 9.94. The lowest BCUT2D eigenvalue weighted by molar-refractivity contribution is -0.137. The summed E-state index contributed by atoms with van der Waals surface area (Å²) in [5, 5.41) is 0. The molecule has 0 atom stereocenters. The number of rotatable bonds is 2. The Hall–Kier alpha value is -2.30. The zero-order valence-electron chi connectivity index (χ0n) is 11.5. The minimum Gasteiger partial charge on any atom is -0.465 e. The van der Waals surface area contributed by atoms with Gasteiger partial charge in [-0.25, -0.2) is 4.79 Å². The van der Waals surface area contributed by atoms with Gasteiger partial charge in [0.25, 0.3) is 0 Å². The third-order valence-electron chi connectivity index (χ3n) is 3.18. The maximum absolute atomic E-state index is 12.5. The normalized spacial score (nSPS) is 11.3. The van der Waals surface area contributed by atoms with Crippen LogP contribution in [0.5, 0.6) is 0 Å². The van der Waals surface area contributed by atoms with Crippen LogP contribution in [-0.4, -0.2) is 13.1 Å². The molecule has 0 saturated heterocycles. The summed E-state index contributed by atoms with van der Waals surface area (Å²) in [4.78, 5) is 11.5. The molecule has 2 rings (SSSR count). The molecule has 0 radical (unpaired) electrons. The van der Waals surface area contributed by atoms with Gasteiger partial charge in [0, 0.05) is 0 Å². The van der Waals surface area contributed by atoms with Crippen LogP contribution in [0.15, 0.2) is 42.5 Å². The summed E-state index contributed by atoms with van der Waals surface area (Å²) in [6.45, 7) is 1.75. The second-order valence-electron chi connectivity index (χ2n) is 4.60. The molecule has 0 aliphatic heterocycles. The summed E-state index contributed by atoms with van der Waals surface area (Å²) in [5.74, 6) is -0.438. The maximum Gasteiger partial charge on any atom is 0.416 e. The second-order valence-corrected chi connectivity index (χ2v) is 4.60. The lowest BCUT2D eigenvalue weighted by atomic mass is 9.99. The molecule has 2 aromatic rings. The van der Waals surface area contributed by atoms with Gasteiger partial charge in [-0.1, -0.05) is 24.3 Å². The van der Waals surface area contributed by atoms with E-state index in [1.54, 1.807) is 25.1 Å². The second kappa shape index (κ2) is 5.60. The first-order valence-corrected chi connectivity index (χ1v) is 6.19. The van der Waals surface area contributed by atoms with E-state index in [0.29, 0.717) is 16.7 Å². The van der Waals surface area contributed by atoms with Gasteiger partial charge in [0.2, 0.25) is 0 Å². The molecule has 0 saturated carbocycles. The van der Waals surface area contributed by atoms with Crippen molar-refractivity contribution < 1.29 is 22.7 Å². The summed E-state index contributed by atoms with van der Waals surface area (Å²) in [7, 11) is 1.30. The summed E-state index contributed by atoms with van der Waals surface area (Å²) in [5.41, 5.74) is 1.86. The van der Waals surface area contributed by atoms with E-state index in [0.717, 1.165) is 17.7 Å². The quantitative estimate of drug-likeness (QED) is 0.764. The first kappa shape index (κ1) is 15.1. The Balaban J connectivity index is 2.35. The van der Waals surface area contributed by atoms with Crippen LogP contribution in [-0.2, 0) is 10.9 Å². The SMILES string of the molecule is COC(=O)c1ccc(-c2ccc(C(F)(F)F)cc2)cc1C. The number of hydrogen-bond donors (Lipinski definition) is 0. The molecule has 21 heavy (non-hydrogen) atoms. The Labute approximate surface area is 120 Å². The van der Waals surface area contributed by atoms with E-state index in [4.69, 9.17) is 0 Å². The van der Waals surface area contributed by atoms with Crippen LogP contribution >= 0.6 is 0 Å². The van der Waals surface area contributed by atoms with E-state index >= 15 is 0 Å². The predicted octanol–water partition coefficient (Wildman–Crippen LogP) is 4.47. The standard InChI is InChI=1S/C16H13F3O2/c1-10-9-12(5-8-14(10)15(20)21-2)11-3-6-13(7-4-11)16(17,18)19/h3-9H,1-2H3. The molecular formula is C16H13F3O2. The Morgan fingerprint density at radius 3 is 2.05 bits per heavy atom. The fraction of sp³-hybridized carbons (Fsp3) is 0.188. The van der Waals surface area contributed by atoms with Crippen molar-refractivity contribution in [1.29, 1.82) is 0 Å². The zero-order valence-corrected chi connectivity index (χ0v) is 11.5. The number of hydrogen-bond acceptors (Lipinski definition) is 2. The van der Waals surface area contributed by atoms with Crippen LogP contribution in [0.4, 0.5) is 13.2 Å². The smallest absolute Gasteiger partial charge is 0.416 e. The van der Waals surface area contributed by atoms with E-state index in [1.807, 2.05) is 0 Å². The lowest BCUT2D eigenvalue weighted by Gasteiger charge is -2.09. The number of halogens is 3. The average Bonchev–Trinajstić information content (AvgIpc) is 2.45. The van der Waals surface area contributed by atoms with Gasteiger partial charge in [-0.05, 0) is 41.8 Å². The largest absolute Gasteiger partial charge is 0.465 e. The Morgan fingerprint density at radius 1 is 1.00 bits per heavy atom. The topological polar surface area (TPSA) is 26.3 Å². The van der Waals surface area contributed by atoms with Crippen LogP contribution in [0.2, 0.25) is 0 Å². The fourth-order valence-corrected chi connectivity index (χ4v) is 2.03. The molecule has 0 aliphatic rings. The molecule has 0 aromatic heterocycles. The van der Waals surface area contributed by atoms with Gasteiger partial charge in [0.15, 0.2) is 0 Å². The van der Waals surface area contributed by atoms with Crippen molar-refractivity contribution in [3.8, 4) is 11.1 Å². The van der Waals surface area contributed by atoms with E-state index in [-0.39, 0.29) is 0 Å². The highest BCUT2D eigenvalue weighted by molar-refractivity contribution is 5.91. The van der Waals surface area contributed by atoms with Crippen LogP contribution in [0, 0.1) is 6.92 Å². The fourth-order valence-electron chi connectivity index (χ4n) is 2.03. The molecule has 0 heterocycles. The number of aryl methyl sites for hydroxylation is 1. The molecule has 5 heteroatoms. The third-order valence-corrected chi connectivity index (χ3v) is 3.18. The monoisotopic (exact) mass is 294 g/mol. The molecule has 2 aromatic carbocycles. The number of esters is 1. The van der Waals surface area contributed by atoms with Crippen molar-refractivity contribution in [3.63, 3.8) is 0 Å². The Bertz CT molecular complexity index is 658. The minimum atomic E-state index is -4.34. The van der Waals surface area contributed by atoms with Crippen molar-refractivity contribution in [2.45, 2.75) is 13.1 Å². The van der Waals surface area contributed by atoms with Crippen LogP contribution in [0.3, 0.4) is 0 Å². The van der Waals surface area contributed by atoms with Gasteiger partial charge in [0.1, 0.15) is 0 Å². The molecule has 2 nitrogen and oxygen atoms in total. The van der Waals surface area contributed by atoms with Gasteiger partial charge in [-0.3, -0.25) is 0 Å². The number of alkyl halides is 3. The molecule has 0 aliphatic carbocycles. The van der Waals surface area contributed by atoms with Crippen molar-refractivity contribution in [3.05, 3.63) is 59.2 Å². The average molecular weight is 294 g/mol. The first-order valence-electron chi connectivity index (χ1n) is 6.19. The number of benzene rings is 2. The molecule has 0 fully saturated rings. The maximum atomic E-state index is 12.5. The first-order chi connectivity index (χ1) is 9.82. The highest BCUT2D eigenvalue weighted by Crippen LogP contribution is 2.31. The van der Waals surface area contributed by atoms with Crippen molar-refractivity contribution in [1.82, 2.24) is 0 Å². The molecule has 0 amide bonds. The Morgan fingerprint density at radius 2 is 1.57 bits per heavy atom.